The zero-order valence-corrected chi connectivity index (χ0v) is 16.0. The molecule has 4 aromatic rings. The smallest absolute Gasteiger partial charge is 0.144 e. The van der Waals surface area contributed by atoms with Crippen LogP contribution in [0.5, 0.6) is 0 Å². The lowest BCUT2D eigenvalue weighted by molar-refractivity contribution is 0.224. The van der Waals surface area contributed by atoms with E-state index < -0.39 is 5.89 Å². The van der Waals surface area contributed by atoms with Gasteiger partial charge in [0.05, 0.1) is 5.69 Å². The highest BCUT2D eigenvalue weighted by molar-refractivity contribution is 6.09. The fourth-order valence-corrected chi connectivity index (χ4v) is 4.26. The Morgan fingerprint density at radius 1 is 1.00 bits per heavy atom. The summed E-state index contributed by atoms with van der Waals surface area (Å²) in [6.45, 7) is 4.62. The Kier molecular flexibility index (Phi) is 3.56. The maximum Gasteiger partial charge on any atom is 0.144 e. The van der Waals surface area contributed by atoms with E-state index in [4.69, 9.17) is 5.79 Å². The van der Waals surface area contributed by atoms with Crippen LogP contribution >= 0.6 is 0 Å². The van der Waals surface area contributed by atoms with Crippen molar-refractivity contribution in [3.8, 4) is 11.3 Å². The third-order valence-corrected chi connectivity index (χ3v) is 6.06. The molecule has 1 fully saturated rings. The second kappa shape index (κ2) is 6.23. The summed E-state index contributed by atoms with van der Waals surface area (Å²) in [5.74, 6) is -0.519. The summed E-state index contributed by atoms with van der Waals surface area (Å²) in [7, 11) is 0. The highest BCUT2D eigenvalue weighted by atomic mass is 16.3. The molecule has 1 aliphatic carbocycles. The Labute approximate surface area is 161 Å². The molecule has 0 saturated heterocycles. The van der Waals surface area contributed by atoms with Crippen LogP contribution in [-0.4, -0.2) is 4.98 Å². The lowest BCUT2D eigenvalue weighted by Crippen LogP contribution is -2.20. The van der Waals surface area contributed by atoms with Gasteiger partial charge >= 0.3 is 0 Å². The predicted molar refractivity (Wildman–Crippen MR) is 112 cm³/mol. The zero-order valence-electron chi connectivity index (χ0n) is 17.0. The van der Waals surface area contributed by atoms with Gasteiger partial charge in [0.25, 0.3) is 0 Å². The summed E-state index contributed by atoms with van der Waals surface area (Å²) in [4.78, 5) is 4.64. The Bertz CT molecular complexity index is 1160. The first-order valence-corrected chi connectivity index (χ1v) is 9.82. The normalized spacial score (nSPS) is 19.3. The molecule has 1 aliphatic rings. The van der Waals surface area contributed by atoms with Crippen LogP contribution in [0.15, 0.2) is 65.2 Å². The second-order valence-corrected chi connectivity index (χ2v) is 8.48. The summed E-state index contributed by atoms with van der Waals surface area (Å²) in [6, 6.07) is 18.5. The number of rotatable bonds is 2. The average Bonchev–Trinajstić information content (AvgIpc) is 3.09. The van der Waals surface area contributed by atoms with Crippen molar-refractivity contribution in [3.63, 3.8) is 0 Å². The van der Waals surface area contributed by atoms with E-state index in [2.05, 4.69) is 49.2 Å². The molecule has 0 unspecified atom stereocenters. The van der Waals surface area contributed by atoms with Gasteiger partial charge in [-0.1, -0.05) is 44.2 Å². The van der Waals surface area contributed by atoms with Crippen LogP contribution in [0.3, 0.4) is 0 Å². The van der Waals surface area contributed by atoms with Gasteiger partial charge in [-0.2, -0.15) is 0 Å². The fourth-order valence-electron chi connectivity index (χ4n) is 4.26. The van der Waals surface area contributed by atoms with E-state index in [1.807, 2.05) is 30.5 Å². The van der Waals surface area contributed by atoms with Gasteiger partial charge in [-0.05, 0) is 66.8 Å². The van der Waals surface area contributed by atoms with Crippen molar-refractivity contribution < 1.29 is 5.79 Å². The van der Waals surface area contributed by atoms with E-state index in [-0.39, 0.29) is 0 Å². The van der Waals surface area contributed by atoms with Gasteiger partial charge in [-0.3, -0.25) is 4.98 Å². The van der Waals surface area contributed by atoms with Gasteiger partial charge in [0, 0.05) is 23.9 Å². The van der Waals surface area contributed by atoms with E-state index in [1.54, 1.807) is 0 Å². The lowest BCUT2D eigenvalue weighted by Gasteiger charge is -2.34. The Morgan fingerprint density at radius 2 is 1.78 bits per heavy atom. The summed E-state index contributed by atoms with van der Waals surface area (Å²) in [6.07, 6.45) is 5.83. The van der Waals surface area contributed by atoms with Crippen LogP contribution in [-0.2, 0) is 0 Å². The summed E-state index contributed by atoms with van der Waals surface area (Å²) >= 11 is 0. The molecule has 0 atom stereocenters. The molecule has 0 aliphatic heterocycles. The predicted octanol–water partition coefficient (Wildman–Crippen LogP) is 7.33. The molecule has 2 aromatic heterocycles. The molecule has 0 spiro atoms. The molecule has 0 radical (unpaired) electrons. The number of furan rings is 1. The molecule has 136 valence electrons. The van der Waals surface area contributed by atoms with Gasteiger partial charge in [0.2, 0.25) is 0 Å². The van der Waals surface area contributed by atoms with Gasteiger partial charge in [-0.15, -0.1) is 0 Å². The Morgan fingerprint density at radius 3 is 2.63 bits per heavy atom. The fraction of sp³-hybridized carbons (Fsp3) is 0.320. The SMILES string of the molecule is [2H]C1(c2ccnc(-c3cccc4c3oc3ccccc34)c2)CCC(C)(C)CC1. The first kappa shape index (κ1) is 15.4. The molecular formula is C25H25NO. The number of aromatic nitrogens is 1. The van der Waals surface area contributed by atoms with Gasteiger partial charge in [0.1, 0.15) is 11.2 Å². The first-order chi connectivity index (χ1) is 13.5. The second-order valence-electron chi connectivity index (χ2n) is 8.48. The Balaban J connectivity index is 1.61. The van der Waals surface area contributed by atoms with E-state index in [9.17, 15) is 0 Å². The number of hydrogen-bond donors (Lipinski definition) is 0. The van der Waals surface area contributed by atoms with Gasteiger partial charge < -0.3 is 4.42 Å². The van der Waals surface area contributed by atoms with Crippen molar-refractivity contribution >= 4 is 21.9 Å². The van der Waals surface area contributed by atoms with Crippen molar-refractivity contribution in [3.05, 3.63) is 66.4 Å². The number of hydrogen-bond acceptors (Lipinski definition) is 2. The monoisotopic (exact) mass is 356 g/mol. The topological polar surface area (TPSA) is 26.0 Å². The number of nitrogens with zero attached hydrogens (tertiary/aromatic N) is 1. The Hall–Kier alpha value is -2.61. The minimum Gasteiger partial charge on any atom is -0.455 e. The van der Waals surface area contributed by atoms with Crippen molar-refractivity contribution in [2.75, 3.05) is 0 Å². The molecule has 2 heteroatoms. The van der Waals surface area contributed by atoms with E-state index in [0.29, 0.717) is 5.41 Å². The quantitative estimate of drug-likeness (QED) is 0.376. The first-order valence-electron chi connectivity index (χ1n) is 10.3. The summed E-state index contributed by atoms with van der Waals surface area (Å²) in [5.41, 5.74) is 5.07. The number of benzene rings is 2. The van der Waals surface area contributed by atoms with Crippen LogP contribution in [0, 0.1) is 5.41 Å². The third kappa shape index (κ3) is 2.93. The van der Waals surface area contributed by atoms with Crippen molar-refractivity contribution in [2.24, 2.45) is 5.41 Å². The van der Waals surface area contributed by atoms with Crippen molar-refractivity contribution in [2.45, 2.75) is 45.4 Å². The molecule has 0 amide bonds. The highest BCUT2D eigenvalue weighted by Gasteiger charge is 2.27. The minimum absolute atomic E-state index is 0.347. The van der Waals surface area contributed by atoms with Crippen molar-refractivity contribution in [1.29, 1.82) is 0 Å². The van der Waals surface area contributed by atoms with E-state index >= 15 is 0 Å². The largest absolute Gasteiger partial charge is 0.455 e. The molecule has 27 heavy (non-hydrogen) atoms. The minimum atomic E-state index is -0.519. The van der Waals surface area contributed by atoms with Gasteiger partial charge in [0.15, 0.2) is 0 Å². The van der Waals surface area contributed by atoms with Gasteiger partial charge in [-0.25, -0.2) is 0 Å². The molecule has 5 rings (SSSR count). The van der Waals surface area contributed by atoms with E-state index in [1.165, 1.54) is 0 Å². The molecule has 2 nitrogen and oxygen atoms in total. The molecule has 0 bridgehead atoms. The standard InChI is InChI=1S/C25H25NO/c1-25(2)13-10-17(11-14-25)18-12-15-26-22(16-18)21-8-5-7-20-19-6-3-4-9-23(19)27-24(20)21/h3-9,12,15-17H,10-11,13-14H2,1-2H3/i17D. The molecule has 0 N–H and O–H groups in total. The molecule has 2 heterocycles. The van der Waals surface area contributed by atoms with Crippen LogP contribution < -0.4 is 0 Å². The maximum absolute atomic E-state index is 9.10. The molecular weight excluding hydrogens is 330 g/mol. The van der Waals surface area contributed by atoms with Crippen LogP contribution in [0.4, 0.5) is 0 Å². The van der Waals surface area contributed by atoms with Crippen LogP contribution in [0.1, 0.15) is 52.4 Å². The van der Waals surface area contributed by atoms with Crippen LogP contribution in [0.2, 0.25) is 0 Å². The molecule has 1 saturated carbocycles. The number of para-hydroxylation sites is 2. The van der Waals surface area contributed by atoms with Crippen molar-refractivity contribution in [1.82, 2.24) is 4.98 Å². The van der Waals surface area contributed by atoms with E-state index in [0.717, 1.165) is 64.4 Å². The third-order valence-electron chi connectivity index (χ3n) is 6.06. The average molecular weight is 356 g/mol. The van der Waals surface area contributed by atoms with Crippen LogP contribution in [0.25, 0.3) is 33.2 Å². The highest BCUT2D eigenvalue weighted by Crippen LogP contribution is 2.43. The molecule has 2 aromatic carbocycles. The summed E-state index contributed by atoms with van der Waals surface area (Å²) in [5, 5.41) is 2.24. The lowest BCUT2D eigenvalue weighted by atomic mass is 9.71. The number of pyridine rings is 1. The summed E-state index contributed by atoms with van der Waals surface area (Å²) < 4.78 is 15.3. The zero-order chi connectivity index (χ0) is 19.4. The number of fused-ring (bicyclic) bond motifs is 3. The maximum atomic E-state index is 9.10.